The normalized spacial score (nSPS) is 28.2. The summed E-state index contributed by atoms with van der Waals surface area (Å²) in [6.45, 7) is 8.61. The van der Waals surface area contributed by atoms with Crippen LogP contribution in [-0.2, 0) is 10.8 Å². The van der Waals surface area contributed by atoms with Crippen molar-refractivity contribution in [2.45, 2.75) is 31.1 Å². The molecule has 0 saturated heterocycles. The average molecular weight is 310 g/mol. The van der Waals surface area contributed by atoms with Crippen LogP contribution in [0.25, 0.3) is 11.6 Å². The molecule has 0 N–H and O–H groups in total. The molecule has 0 heterocycles. The van der Waals surface area contributed by atoms with Crippen LogP contribution in [0.2, 0.25) is 0 Å². The summed E-state index contributed by atoms with van der Waals surface area (Å²) in [5.41, 5.74) is 8.88. The van der Waals surface area contributed by atoms with Crippen molar-refractivity contribution in [3.05, 3.63) is 95.1 Å². The van der Waals surface area contributed by atoms with Crippen LogP contribution in [0.4, 0.5) is 0 Å². The predicted octanol–water partition coefficient (Wildman–Crippen LogP) is 5.90. The third-order valence-electron chi connectivity index (χ3n) is 6.37. The highest BCUT2D eigenvalue weighted by Crippen LogP contribution is 2.64. The lowest BCUT2D eigenvalue weighted by atomic mass is 9.76. The Kier molecular flexibility index (Phi) is 2.57. The molecule has 0 amide bonds. The quantitative estimate of drug-likeness (QED) is 0.647. The maximum atomic E-state index is 3.86. The monoisotopic (exact) mass is 310 g/mol. The van der Waals surface area contributed by atoms with Crippen molar-refractivity contribution in [1.29, 1.82) is 0 Å². The van der Waals surface area contributed by atoms with Crippen molar-refractivity contribution in [3.8, 4) is 0 Å². The van der Waals surface area contributed by atoms with E-state index in [1.807, 2.05) is 6.08 Å². The van der Waals surface area contributed by atoms with Crippen molar-refractivity contribution in [2.75, 3.05) is 0 Å². The zero-order chi connectivity index (χ0) is 16.5. The van der Waals surface area contributed by atoms with Crippen LogP contribution < -0.4 is 0 Å². The molecule has 2 unspecified atom stereocenters. The van der Waals surface area contributed by atoms with Gasteiger partial charge in [0.05, 0.1) is 0 Å². The summed E-state index contributed by atoms with van der Waals surface area (Å²) in [4.78, 5) is 0. The molecule has 1 saturated carbocycles. The molecule has 2 atom stereocenters. The van der Waals surface area contributed by atoms with Gasteiger partial charge in [-0.2, -0.15) is 0 Å². The Balaban J connectivity index is 1.65. The first kappa shape index (κ1) is 14.0. The molecule has 24 heavy (non-hydrogen) atoms. The lowest BCUT2D eigenvalue weighted by Crippen LogP contribution is -2.19. The number of rotatable bonds is 2. The first-order chi connectivity index (χ1) is 11.6. The van der Waals surface area contributed by atoms with Gasteiger partial charge in [-0.05, 0) is 45.7 Å². The number of hydrogen-bond donors (Lipinski definition) is 0. The van der Waals surface area contributed by atoms with Gasteiger partial charge in [-0.15, -0.1) is 0 Å². The van der Waals surface area contributed by atoms with E-state index in [1.165, 1.54) is 39.8 Å². The number of hydrogen-bond acceptors (Lipinski definition) is 0. The molecule has 0 heteroatoms. The van der Waals surface area contributed by atoms with Gasteiger partial charge in [0.25, 0.3) is 0 Å². The van der Waals surface area contributed by atoms with Gasteiger partial charge < -0.3 is 0 Å². The zero-order valence-electron chi connectivity index (χ0n) is 14.3. The molecule has 0 aromatic heterocycles. The first-order valence-electron chi connectivity index (χ1n) is 8.85. The van der Waals surface area contributed by atoms with Crippen LogP contribution in [-0.4, -0.2) is 0 Å². The Labute approximate surface area is 144 Å². The summed E-state index contributed by atoms with van der Waals surface area (Å²) < 4.78 is 0. The van der Waals surface area contributed by atoms with Crippen LogP contribution in [0.1, 0.15) is 42.5 Å². The van der Waals surface area contributed by atoms with Crippen molar-refractivity contribution >= 4 is 11.6 Å². The third kappa shape index (κ3) is 1.64. The lowest BCUT2D eigenvalue weighted by Gasteiger charge is -2.27. The van der Waals surface area contributed by atoms with Gasteiger partial charge in [-0.3, -0.25) is 0 Å². The molecule has 0 bridgehead atoms. The number of fused-ring (bicyclic) bond motifs is 4. The van der Waals surface area contributed by atoms with Crippen molar-refractivity contribution < 1.29 is 0 Å². The molecule has 0 spiro atoms. The van der Waals surface area contributed by atoms with Gasteiger partial charge in [-0.1, -0.05) is 87.2 Å². The van der Waals surface area contributed by atoms with Crippen molar-refractivity contribution in [2.24, 2.45) is 5.92 Å². The first-order valence-corrected chi connectivity index (χ1v) is 8.85. The van der Waals surface area contributed by atoms with Crippen LogP contribution >= 0.6 is 0 Å². The van der Waals surface area contributed by atoms with Gasteiger partial charge >= 0.3 is 0 Å². The van der Waals surface area contributed by atoms with Crippen LogP contribution in [0.3, 0.4) is 0 Å². The summed E-state index contributed by atoms with van der Waals surface area (Å²) in [5, 5.41) is 0. The average Bonchev–Trinajstić information content (AvgIpc) is 3.30. The molecule has 2 aromatic carbocycles. The van der Waals surface area contributed by atoms with E-state index < -0.39 is 0 Å². The molecular formula is C24H22. The fraction of sp³-hybridized carbons (Fsp3) is 0.250. The van der Waals surface area contributed by atoms with E-state index in [0.29, 0.717) is 5.92 Å². The van der Waals surface area contributed by atoms with Crippen molar-refractivity contribution in [1.82, 2.24) is 0 Å². The molecule has 0 aliphatic heterocycles. The molecule has 3 aliphatic rings. The Bertz CT molecular complexity index is 921. The Morgan fingerprint density at radius 3 is 2.54 bits per heavy atom. The SMILES string of the molecule is C=Cc1ccc(C23C=C4C(=CC2C3)c2ccccc2C4(C)C)cc1. The van der Waals surface area contributed by atoms with E-state index in [0.717, 1.165) is 0 Å². The fourth-order valence-electron chi connectivity index (χ4n) is 4.81. The Morgan fingerprint density at radius 2 is 1.79 bits per heavy atom. The maximum absolute atomic E-state index is 3.86. The highest BCUT2D eigenvalue weighted by atomic mass is 14.6. The van der Waals surface area contributed by atoms with Gasteiger partial charge in [0.15, 0.2) is 0 Å². The molecular weight excluding hydrogens is 288 g/mol. The second-order valence-corrected chi connectivity index (χ2v) is 7.99. The summed E-state index contributed by atoms with van der Waals surface area (Å²) in [5.74, 6) is 0.646. The number of allylic oxidation sites excluding steroid dienone is 4. The molecule has 0 radical (unpaired) electrons. The maximum Gasteiger partial charge on any atom is 0.0208 e. The van der Waals surface area contributed by atoms with E-state index in [4.69, 9.17) is 0 Å². The standard InChI is InChI=1S/C24H22/c1-4-16-9-11-17(12-10-16)24-14-18(24)13-20-19-7-5-6-8-21(19)23(2,3)22(20)15-24/h4-13,15,18H,1,14H2,2-3H3. The van der Waals surface area contributed by atoms with Gasteiger partial charge in [0.1, 0.15) is 0 Å². The molecule has 118 valence electrons. The number of benzene rings is 2. The highest BCUT2D eigenvalue weighted by Gasteiger charge is 2.57. The summed E-state index contributed by atoms with van der Waals surface area (Å²) >= 11 is 0. The fourth-order valence-corrected chi connectivity index (χ4v) is 4.81. The molecule has 3 aliphatic carbocycles. The minimum Gasteiger partial charge on any atom is -0.0985 e. The van der Waals surface area contributed by atoms with E-state index >= 15 is 0 Å². The van der Waals surface area contributed by atoms with Gasteiger partial charge in [0, 0.05) is 10.8 Å². The van der Waals surface area contributed by atoms with E-state index in [9.17, 15) is 0 Å². The molecule has 2 aromatic rings. The second kappa shape index (κ2) is 4.39. The lowest BCUT2D eigenvalue weighted by molar-refractivity contribution is 0.644. The van der Waals surface area contributed by atoms with Crippen LogP contribution in [0.5, 0.6) is 0 Å². The second-order valence-electron chi connectivity index (χ2n) is 7.99. The van der Waals surface area contributed by atoms with E-state index in [2.05, 4.69) is 81.1 Å². The van der Waals surface area contributed by atoms with Gasteiger partial charge in [0.2, 0.25) is 0 Å². The van der Waals surface area contributed by atoms with Crippen LogP contribution in [0, 0.1) is 5.92 Å². The zero-order valence-corrected chi connectivity index (χ0v) is 14.3. The smallest absolute Gasteiger partial charge is 0.0208 e. The minimum absolute atomic E-state index is 0.101. The summed E-state index contributed by atoms with van der Waals surface area (Å²) in [6, 6.07) is 17.9. The molecule has 0 nitrogen and oxygen atoms in total. The highest BCUT2D eigenvalue weighted by molar-refractivity contribution is 5.92. The van der Waals surface area contributed by atoms with E-state index in [-0.39, 0.29) is 10.8 Å². The van der Waals surface area contributed by atoms with Crippen LogP contribution in [0.15, 0.2) is 72.8 Å². The van der Waals surface area contributed by atoms with Crippen molar-refractivity contribution in [3.63, 3.8) is 0 Å². The predicted molar refractivity (Wildman–Crippen MR) is 102 cm³/mol. The Morgan fingerprint density at radius 1 is 1.04 bits per heavy atom. The third-order valence-corrected chi connectivity index (χ3v) is 6.37. The largest absolute Gasteiger partial charge is 0.0985 e. The molecule has 1 fully saturated rings. The van der Waals surface area contributed by atoms with Gasteiger partial charge in [-0.25, -0.2) is 0 Å². The summed E-state index contributed by atoms with van der Waals surface area (Å²) in [6.07, 6.45) is 8.30. The van der Waals surface area contributed by atoms with E-state index in [1.54, 1.807) is 0 Å². The Hall–Kier alpha value is -2.34. The minimum atomic E-state index is 0.101. The molecule has 5 rings (SSSR count). The topological polar surface area (TPSA) is 0 Å². The summed E-state index contributed by atoms with van der Waals surface area (Å²) in [7, 11) is 0.